The van der Waals surface area contributed by atoms with E-state index in [4.69, 9.17) is 16.0 Å². The zero-order valence-electron chi connectivity index (χ0n) is 14.2. The fourth-order valence-corrected chi connectivity index (χ4v) is 3.66. The van der Waals surface area contributed by atoms with Gasteiger partial charge in [0.2, 0.25) is 5.91 Å². The average Bonchev–Trinajstić information content (AvgIpc) is 3.21. The number of halogens is 1. The number of amides is 1. The second-order valence-corrected chi connectivity index (χ2v) is 7.22. The third kappa shape index (κ3) is 3.29. The first-order valence-corrected chi connectivity index (χ1v) is 8.98. The van der Waals surface area contributed by atoms with Gasteiger partial charge in [0.15, 0.2) is 0 Å². The highest BCUT2D eigenvalue weighted by molar-refractivity contribution is 6.30. The monoisotopic (exact) mass is 353 g/mol. The normalized spacial score (nSPS) is 13.2. The van der Waals surface area contributed by atoms with Gasteiger partial charge in [-0.1, -0.05) is 23.7 Å². The Morgan fingerprint density at radius 3 is 2.64 bits per heavy atom. The molecule has 0 N–H and O–H groups in total. The quantitative estimate of drug-likeness (QED) is 0.676. The van der Waals surface area contributed by atoms with Gasteiger partial charge in [0.25, 0.3) is 0 Å². The molecule has 3 aromatic rings. The number of nitrogens with zero attached hydrogens (tertiary/aromatic N) is 1. The van der Waals surface area contributed by atoms with Gasteiger partial charge in [0, 0.05) is 29.6 Å². The molecule has 1 aromatic heterocycles. The van der Waals surface area contributed by atoms with E-state index in [1.807, 2.05) is 31.3 Å². The maximum atomic E-state index is 12.6. The Morgan fingerprint density at radius 2 is 1.88 bits per heavy atom. The molecular formula is C21H20ClNO2. The maximum absolute atomic E-state index is 12.6. The third-order valence-corrected chi connectivity index (χ3v) is 5.22. The van der Waals surface area contributed by atoms with Crippen molar-refractivity contribution in [3.8, 4) is 0 Å². The lowest BCUT2D eigenvalue weighted by atomic mass is 10.0. The van der Waals surface area contributed by atoms with Crippen molar-refractivity contribution in [3.63, 3.8) is 0 Å². The first-order valence-electron chi connectivity index (χ1n) is 8.60. The van der Waals surface area contributed by atoms with Crippen LogP contribution in [0.5, 0.6) is 0 Å². The van der Waals surface area contributed by atoms with Crippen LogP contribution in [-0.2, 0) is 30.6 Å². The zero-order valence-corrected chi connectivity index (χ0v) is 15.0. The summed E-state index contributed by atoms with van der Waals surface area (Å²) in [5.74, 6) is 0.0816. The summed E-state index contributed by atoms with van der Waals surface area (Å²) in [6, 6.07) is 11.9. The maximum Gasteiger partial charge on any atom is 0.227 e. The molecule has 0 bridgehead atoms. The van der Waals surface area contributed by atoms with E-state index >= 15 is 0 Å². The van der Waals surface area contributed by atoms with E-state index in [2.05, 4.69) is 12.1 Å². The van der Waals surface area contributed by atoms with Crippen LogP contribution >= 0.6 is 11.6 Å². The predicted molar refractivity (Wildman–Crippen MR) is 99.9 cm³/mol. The van der Waals surface area contributed by atoms with Crippen molar-refractivity contribution in [1.29, 1.82) is 0 Å². The van der Waals surface area contributed by atoms with Gasteiger partial charge < -0.3 is 9.32 Å². The largest absolute Gasteiger partial charge is 0.464 e. The van der Waals surface area contributed by atoms with Crippen LogP contribution in [0.4, 0.5) is 0 Å². The van der Waals surface area contributed by atoms with Gasteiger partial charge >= 0.3 is 0 Å². The second kappa shape index (κ2) is 6.57. The fourth-order valence-electron chi connectivity index (χ4n) is 3.53. The van der Waals surface area contributed by atoms with Crippen molar-refractivity contribution in [2.24, 2.45) is 0 Å². The molecule has 128 valence electrons. The molecular weight excluding hydrogens is 334 g/mol. The molecule has 0 atom stereocenters. The SMILES string of the molecule is CN(Cc1ccc(Cl)cc1)C(=O)Cc1coc2cc3c(cc12)CCC3. The van der Waals surface area contributed by atoms with Gasteiger partial charge in [-0.15, -0.1) is 0 Å². The molecule has 0 unspecified atom stereocenters. The van der Waals surface area contributed by atoms with Gasteiger partial charge in [-0.25, -0.2) is 0 Å². The number of carbonyl (C=O) groups excluding carboxylic acids is 1. The molecule has 4 rings (SSSR count). The summed E-state index contributed by atoms with van der Waals surface area (Å²) in [5, 5.41) is 1.78. The molecule has 0 aliphatic heterocycles. The molecule has 1 heterocycles. The van der Waals surface area contributed by atoms with Crippen molar-refractivity contribution < 1.29 is 9.21 Å². The van der Waals surface area contributed by atoms with Gasteiger partial charge in [-0.2, -0.15) is 0 Å². The standard InChI is InChI=1S/C21H20ClNO2/c1-23(12-14-5-7-18(22)8-6-14)21(24)11-17-13-25-20-10-16-4-2-3-15(16)9-19(17)20/h5-10,13H,2-4,11-12H2,1H3. The van der Waals surface area contributed by atoms with Crippen molar-refractivity contribution in [1.82, 2.24) is 4.90 Å². The minimum absolute atomic E-state index is 0.0816. The van der Waals surface area contributed by atoms with Crippen LogP contribution in [0.3, 0.4) is 0 Å². The van der Waals surface area contributed by atoms with Crippen LogP contribution in [-0.4, -0.2) is 17.9 Å². The zero-order chi connectivity index (χ0) is 17.4. The number of benzene rings is 2. The summed E-state index contributed by atoms with van der Waals surface area (Å²) in [5.41, 5.74) is 5.72. The highest BCUT2D eigenvalue weighted by atomic mass is 35.5. The number of hydrogen-bond donors (Lipinski definition) is 0. The Balaban J connectivity index is 1.50. The smallest absolute Gasteiger partial charge is 0.227 e. The van der Waals surface area contributed by atoms with E-state index in [1.54, 1.807) is 11.2 Å². The third-order valence-electron chi connectivity index (χ3n) is 4.97. The minimum atomic E-state index is 0.0816. The molecule has 3 nitrogen and oxygen atoms in total. The van der Waals surface area contributed by atoms with E-state index < -0.39 is 0 Å². The van der Waals surface area contributed by atoms with Gasteiger partial charge in [0.05, 0.1) is 12.7 Å². The topological polar surface area (TPSA) is 33.5 Å². The second-order valence-electron chi connectivity index (χ2n) is 6.78. The molecule has 1 aliphatic rings. The van der Waals surface area contributed by atoms with Crippen LogP contribution in [0.1, 0.15) is 28.7 Å². The summed E-state index contributed by atoms with van der Waals surface area (Å²) in [6.07, 6.45) is 5.55. The Bertz CT molecular complexity index is 927. The lowest BCUT2D eigenvalue weighted by Gasteiger charge is -2.17. The summed E-state index contributed by atoms with van der Waals surface area (Å²) in [6.45, 7) is 0.571. The number of carbonyl (C=O) groups is 1. The summed E-state index contributed by atoms with van der Waals surface area (Å²) < 4.78 is 5.70. The fraction of sp³-hybridized carbons (Fsp3) is 0.286. The summed E-state index contributed by atoms with van der Waals surface area (Å²) in [7, 11) is 1.83. The number of rotatable bonds is 4. The Kier molecular flexibility index (Phi) is 4.26. The van der Waals surface area contributed by atoms with E-state index in [0.29, 0.717) is 18.0 Å². The van der Waals surface area contributed by atoms with Crippen LogP contribution < -0.4 is 0 Å². The van der Waals surface area contributed by atoms with Crippen LogP contribution in [0.15, 0.2) is 47.1 Å². The van der Waals surface area contributed by atoms with Crippen molar-refractivity contribution in [3.05, 3.63) is 69.9 Å². The Hall–Kier alpha value is -2.26. The number of furan rings is 1. The molecule has 0 spiro atoms. The van der Waals surface area contributed by atoms with Crippen LogP contribution in [0.2, 0.25) is 5.02 Å². The molecule has 4 heteroatoms. The number of likely N-dealkylation sites (N-methyl/N-ethyl adjacent to an activating group) is 1. The molecule has 0 fully saturated rings. The molecule has 0 radical (unpaired) electrons. The molecule has 1 aliphatic carbocycles. The average molecular weight is 354 g/mol. The van der Waals surface area contributed by atoms with E-state index in [-0.39, 0.29) is 5.91 Å². The van der Waals surface area contributed by atoms with E-state index in [1.165, 1.54) is 17.5 Å². The first-order chi connectivity index (χ1) is 12.1. The number of aryl methyl sites for hydroxylation is 2. The highest BCUT2D eigenvalue weighted by Gasteiger charge is 2.18. The Labute approximate surface area is 152 Å². The first kappa shape index (κ1) is 16.2. The summed E-state index contributed by atoms with van der Waals surface area (Å²) in [4.78, 5) is 14.4. The molecule has 2 aromatic carbocycles. The molecule has 1 amide bonds. The summed E-state index contributed by atoms with van der Waals surface area (Å²) >= 11 is 5.91. The van der Waals surface area contributed by atoms with Crippen molar-refractivity contribution >= 4 is 28.5 Å². The molecule has 25 heavy (non-hydrogen) atoms. The van der Waals surface area contributed by atoms with Crippen molar-refractivity contribution in [2.75, 3.05) is 7.05 Å². The minimum Gasteiger partial charge on any atom is -0.464 e. The number of hydrogen-bond acceptors (Lipinski definition) is 2. The van der Waals surface area contributed by atoms with E-state index in [0.717, 1.165) is 34.9 Å². The van der Waals surface area contributed by atoms with Crippen LogP contribution in [0.25, 0.3) is 11.0 Å². The van der Waals surface area contributed by atoms with Gasteiger partial charge in [0.1, 0.15) is 5.58 Å². The van der Waals surface area contributed by atoms with Crippen molar-refractivity contribution in [2.45, 2.75) is 32.2 Å². The molecule has 0 saturated carbocycles. The number of fused-ring (bicyclic) bond motifs is 2. The van der Waals surface area contributed by atoms with Gasteiger partial charge in [-0.05, 0) is 60.2 Å². The lowest BCUT2D eigenvalue weighted by Crippen LogP contribution is -2.27. The molecule has 0 saturated heterocycles. The van der Waals surface area contributed by atoms with Gasteiger partial charge in [-0.3, -0.25) is 4.79 Å². The predicted octanol–water partition coefficient (Wildman–Crippen LogP) is 4.78. The van der Waals surface area contributed by atoms with E-state index in [9.17, 15) is 4.79 Å². The highest BCUT2D eigenvalue weighted by Crippen LogP contribution is 2.30. The van der Waals surface area contributed by atoms with Crippen LogP contribution in [0, 0.1) is 0 Å². The lowest BCUT2D eigenvalue weighted by molar-refractivity contribution is -0.129. The Morgan fingerprint density at radius 1 is 1.16 bits per heavy atom.